The first-order valence-electron chi connectivity index (χ1n) is 6.91. The lowest BCUT2D eigenvalue weighted by atomic mass is 10.3. The van der Waals surface area contributed by atoms with Crippen molar-refractivity contribution >= 4 is 33.4 Å². The predicted octanol–water partition coefficient (Wildman–Crippen LogP) is 2.70. The molecule has 0 radical (unpaired) electrons. The minimum atomic E-state index is 0.0526. The van der Waals surface area contributed by atoms with E-state index < -0.39 is 0 Å². The van der Waals surface area contributed by atoms with E-state index in [2.05, 4.69) is 26.1 Å². The number of aryl methyl sites for hydroxylation is 3. The largest absolute Gasteiger partial charge is 0.340 e. The zero-order chi connectivity index (χ0) is 16.4. The highest BCUT2D eigenvalue weighted by molar-refractivity contribution is 9.10. The molecule has 0 spiro atoms. The van der Waals surface area contributed by atoms with Gasteiger partial charge in [-0.25, -0.2) is 0 Å². The molecule has 0 aromatic carbocycles. The van der Waals surface area contributed by atoms with Crippen LogP contribution in [-0.4, -0.2) is 37.4 Å². The number of rotatable bonds is 5. The molecule has 6 nitrogen and oxygen atoms in total. The Morgan fingerprint density at radius 3 is 2.64 bits per heavy atom. The summed E-state index contributed by atoms with van der Waals surface area (Å²) < 4.78 is 4.44. The van der Waals surface area contributed by atoms with Crippen molar-refractivity contribution in [1.29, 1.82) is 0 Å². The highest BCUT2D eigenvalue weighted by atomic mass is 79.9. The van der Waals surface area contributed by atoms with Crippen LogP contribution >= 0.6 is 27.5 Å². The monoisotopic (exact) mass is 387 g/mol. The standard InChI is InChI=1S/C14H19BrClN5O/c1-9-14(16)10(2)21(18-9)6-5-13(22)19(3)8-12-11(15)7-17-20(12)4/h7H,5-6,8H2,1-4H3. The van der Waals surface area contributed by atoms with Crippen LogP contribution in [0.25, 0.3) is 0 Å². The van der Waals surface area contributed by atoms with Gasteiger partial charge in [-0.15, -0.1) is 0 Å². The smallest absolute Gasteiger partial charge is 0.224 e. The van der Waals surface area contributed by atoms with Gasteiger partial charge in [0.15, 0.2) is 0 Å². The number of hydrogen-bond acceptors (Lipinski definition) is 3. The zero-order valence-corrected chi connectivity index (χ0v) is 15.4. The lowest BCUT2D eigenvalue weighted by molar-refractivity contribution is -0.130. The Bertz CT molecular complexity index is 674. The van der Waals surface area contributed by atoms with E-state index in [1.807, 2.05) is 20.9 Å². The molecule has 0 atom stereocenters. The van der Waals surface area contributed by atoms with Gasteiger partial charge in [-0.3, -0.25) is 14.2 Å². The summed E-state index contributed by atoms with van der Waals surface area (Å²) in [5.74, 6) is 0.0526. The summed E-state index contributed by atoms with van der Waals surface area (Å²) in [5, 5.41) is 9.15. The summed E-state index contributed by atoms with van der Waals surface area (Å²) >= 11 is 9.55. The first kappa shape index (κ1) is 17.0. The fourth-order valence-corrected chi connectivity index (χ4v) is 2.82. The Hall–Kier alpha value is -1.34. The van der Waals surface area contributed by atoms with Crippen LogP contribution in [0, 0.1) is 13.8 Å². The SMILES string of the molecule is Cc1nn(CCC(=O)N(C)Cc2c(Br)cnn2C)c(C)c1Cl. The van der Waals surface area contributed by atoms with Crippen LogP contribution in [0.2, 0.25) is 5.02 Å². The van der Waals surface area contributed by atoms with E-state index in [9.17, 15) is 4.79 Å². The number of nitrogens with zero attached hydrogens (tertiary/aromatic N) is 5. The Labute approximate surface area is 143 Å². The molecule has 1 amide bonds. The van der Waals surface area contributed by atoms with Crippen molar-refractivity contribution in [2.75, 3.05) is 7.05 Å². The predicted molar refractivity (Wildman–Crippen MR) is 88.7 cm³/mol. The Balaban J connectivity index is 1.96. The number of halogens is 2. The average Bonchev–Trinajstić information content (AvgIpc) is 2.92. The first-order chi connectivity index (χ1) is 10.3. The third-order valence-electron chi connectivity index (χ3n) is 3.65. The maximum atomic E-state index is 12.3. The molecule has 0 saturated heterocycles. The molecule has 0 aliphatic carbocycles. The third kappa shape index (κ3) is 3.52. The summed E-state index contributed by atoms with van der Waals surface area (Å²) in [7, 11) is 3.65. The second-order valence-electron chi connectivity index (χ2n) is 5.27. The summed E-state index contributed by atoms with van der Waals surface area (Å²) in [6.07, 6.45) is 2.11. The van der Waals surface area contributed by atoms with Crippen LogP contribution in [0.5, 0.6) is 0 Å². The van der Waals surface area contributed by atoms with Crippen LogP contribution in [0.1, 0.15) is 23.5 Å². The van der Waals surface area contributed by atoms with Gasteiger partial charge in [-0.2, -0.15) is 10.2 Å². The average molecular weight is 389 g/mol. The van der Waals surface area contributed by atoms with E-state index in [4.69, 9.17) is 11.6 Å². The van der Waals surface area contributed by atoms with Crippen LogP contribution in [0.15, 0.2) is 10.7 Å². The van der Waals surface area contributed by atoms with Crippen LogP contribution in [-0.2, 0) is 24.9 Å². The molecule has 0 bridgehead atoms. The molecule has 22 heavy (non-hydrogen) atoms. The quantitative estimate of drug-likeness (QED) is 0.791. The highest BCUT2D eigenvalue weighted by Crippen LogP contribution is 2.20. The summed E-state index contributed by atoms with van der Waals surface area (Å²) in [6.45, 7) is 4.80. The van der Waals surface area contributed by atoms with E-state index >= 15 is 0 Å². The fraction of sp³-hybridized carbons (Fsp3) is 0.500. The van der Waals surface area contributed by atoms with Crippen molar-refractivity contribution in [3.63, 3.8) is 0 Å². The van der Waals surface area contributed by atoms with Gasteiger partial charge in [0.25, 0.3) is 0 Å². The van der Waals surface area contributed by atoms with Crippen LogP contribution < -0.4 is 0 Å². The maximum absolute atomic E-state index is 12.3. The molecule has 0 N–H and O–H groups in total. The van der Waals surface area contributed by atoms with Gasteiger partial charge >= 0.3 is 0 Å². The fourth-order valence-electron chi connectivity index (χ4n) is 2.21. The van der Waals surface area contributed by atoms with Gasteiger partial charge in [-0.1, -0.05) is 11.6 Å². The minimum Gasteiger partial charge on any atom is -0.340 e. The second kappa shape index (κ2) is 6.83. The van der Waals surface area contributed by atoms with Gasteiger partial charge in [0.05, 0.1) is 45.9 Å². The van der Waals surface area contributed by atoms with Crippen molar-refractivity contribution in [1.82, 2.24) is 24.5 Å². The van der Waals surface area contributed by atoms with Crippen molar-refractivity contribution < 1.29 is 4.79 Å². The van der Waals surface area contributed by atoms with Gasteiger partial charge in [0, 0.05) is 20.5 Å². The minimum absolute atomic E-state index is 0.0526. The first-order valence-corrected chi connectivity index (χ1v) is 8.08. The molecule has 2 aromatic rings. The molecule has 120 valence electrons. The molecule has 0 saturated carbocycles. The molecule has 2 heterocycles. The molecule has 0 fully saturated rings. The Kier molecular flexibility index (Phi) is 5.28. The molecule has 2 rings (SSSR count). The Morgan fingerprint density at radius 1 is 1.45 bits per heavy atom. The molecule has 0 aliphatic rings. The number of hydrogen-bond donors (Lipinski definition) is 0. The molecular weight excluding hydrogens is 370 g/mol. The lowest BCUT2D eigenvalue weighted by Gasteiger charge is -2.18. The molecule has 2 aromatic heterocycles. The van der Waals surface area contributed by atoms with Gasteiger partial charge < -0.3 is 4.90 Å². The number of amides is 1. The van der Waals surface area contributed by atoms with E-state index in [0.717, 1.165) is 21.6 Å². The van der Waals surface area contributed by atoms with Gasteiger partial charge in [0.2, 0.25) is 5.91 Å². The van der Waals surface area contributed by atoms with Gasteiger partial charge in [-0.05, 0) is 29.8 Å². The topological polar surface area (TPSA) is 56.0 Å². The zero-order valence-electron chi connectivity index (χ0n) is 13.1. The van der Waals surface area contributed by atoms with Crippen LogP contribution in [0.4, 0.5) is 0 Å². The van der Waals surface area contributed by atoms with E-state index in [-0.39, 0.29) is 5.91 Å². The van der Waals surface area contributed by atoms with Crippen molar-refractivity contribution in [2.24, 2.45) is 7.05 Å². The van der Waals surface area contributed by atoms with E-state index in [1.54, 1.807) is 27.5 Å². The summed E-state index contributed by atoms with van der Waals surface area (Å²) in [5.41, 5.74) is 2.65. The van der Waals surface area contributed by atoms with Crippen LogP contribution in [0.3, 0.4) is 0 Å². The summed E-state index contributed by atoms with van der Waals surface area (Å²) in [6, 6.07) is 0. The maximum Gasteiger partial charge on any atom is 0.224 e. The lowest BCUT2D eigenvalue weighted by Crippen LogP contribution is -2.28. The van der Waals surface area contributed by atoms with E-state index in [0.29, 0.717) is 24.5 Å². The Morgan fingerprint density at radius 2 is 2.14 bits per heavy atom. The molecule has 0 aliphatic heterocycles. The third-order valence-corrected chi connectivity index (χ3v) is 4.86. The van der Waals surface area contributed by atoms with E-state index in [1.165, 1.54) is 0 Å². The number of carbonyl (C=O) groups excluding carboxylic acids is 1. The number of aromatic nitrogens is 4. The molecule has 0 unspecified atom stereocenters. The van der Waals surface area contributed by atoms with Crippen molar-refractivity contribution in [2.45, 2.75) is 33.4 Å². The highest BCUT2D eigenvalue weighted by Gasteiger charge is 2.15. The summed E-state index contributed by atoms with van der Waals surface area (Å²) in [4.78, 5) is 14.0. The van der Waals surface area contributed by atoms with Crippen molar-refractivity contribution in [3.8, 4) is 0 Å². The number of carbonyl (C=O) groups is 1. The molecular formula is C14H19BrClN5O. The normalized spacial score (nSPS) is 11.0. The van der Waals surface area contributed by atoms with Gasteiger partial charge in [0.1, 0.15) is 0 Å². The second-order valence-corrected chi connectivity index (χ2v) is 6.50. The van der Waals surface area contributed by atoms with Crippen molar-refractivity contribution in [3.05, 3.63) is 32.8 Å². The molecule has 8 heteroatoms.